The highest BCUT2D eigenvalue weighted by molar-refractivity contribution is 6.32. The normalized spacial score (nSPS) is 11.0. The van der Waals surface area contributed by atoms with E-state index in [-0.39, 0.29) is 0 Å². The molecule has 2 aromatic carbocycles. The molecular formula is C33H44ClNO2. The van der Waals surface area contributed by atoms with Gasteiger partial charge >= 0.3 is 0 Å². The van der Waals surface area contributed by atoms with Crippen LogP contribution in [0.25, 0.3) is 22.3 Å². The third-order valence-corrected chi connectivity index (χ3v) is 6.99. The van der Waals surface area contributed by atoms with Crippen LogP contribution >= 0.6 is 11.6 Å². The summed E-state index contributed by atoms with van der Waals surface area (Å²) in [5.41, 5.74) is 4.42. The van der Waals surface area contributed by atoms with Gasteiger partial charge in [-0.3, -0.25) is 0 Å². The molecule has 1 aromatic heterocycles. The van der Waals surface area contributed by atoms with Crippen LogP contribution in [0.4, 0.5) is 0 Å². The quantitative estimate of drug-likeness (QED) is 0.156. The SMILES string of the molecule is CCCCCCCCOc1ccc(-c2ccc(-c3cnc(OCCCCCCCC)c(Cl)c3)cc2)cc1. The highest BCUT2D eigenvalue weighted by Gasteiger charge is 2.08. The fraction of sp³-hybridized carbons (Fsp3) is 0.485. The molecule has 200 valence electrons. The monoisotopic (exact) mass is 521 g/mol. The van der Waals surface area contributed by atoms with E-state index in [0.29, 0.717) is 17.5 Å². The van der Waals surface area contributed by atoms with Crippen LogP contribution in [-0.4, -0.2) is 18.2 Å². The van der Waals surface area contributed by atoms with Crippen LogP contribution in [0.15, 0.2) is 60.8 Å². The van der Waals surface area contributed by atoms with Crippen molar-refractivity contribution in [3.63, 3.8) is 0 Å². The van der Waals surface area contributed by atoms with Crippen molar-refractivity contribution < 1.29 is 9.47 Å². The van der Waals surface area contributed by atoms with Gasteiger partial charge in [-0.25, -0.2) is 4.98 Å². The lowest BCUT2D eigenvalue weighted by atomic mass is 10.0. The predicted molar refractivity (Wildman–Crippen MR) is 158 cm³/mol. The molecule has 0 amide bonds. The van der Waals surface area contributed by atoms with Crippen molar-refractivity contribution in [3.05, 3.63) is 65.8 Å². The minimum atomic E-state index is 0.523. The zero-order chi connectivity index (χ0) is 26.1. The lowest BCUT2D eigenvalue weighted by Crippen LogP contribution is -2.00. The van der Waals surface area contributed by atoms with Crippen molar-refractivity contribution in [2.75, 3.05) is 13.2 Å². The first-order valence-corrected chi connectivity index (χ1v) is 14.7. The van der Waals surface area contributed by atoms with Crippen LogP contribution in [0.2, 0.25) is 5.02 Å². The number of ether oxygens (including phenoxy) is 2. The maximum Gasteiger partial charge on any atom is 0.232 e. The highest BCUT2D eigenvalue weighted by Crippen LogP contribution is 2.30. The van der Waals surface area contributed by atoms with E-state index in [1.807, 2.05) is 12.3 Å². The van der Waals surface area contributed by atoms with Crippen LogP contribution in [0.1, 0.15) is 90.9 Å². The Bertz CT molecular complexity index is 1020. The maximum absolute atomic E-state index is 6.48. The Morgan fingerprint density at radius 2 is 1.03 bits per heavy atom. The van der Waals surface area contributed by atoms with Crippen molar-refractivity contribution in [2.45, 2.75) is 90.9 Å². The van der Waals surface area contributed by atoms with Gasteiger partial charge in [0.25, 0.3) is 0 Å². The number of hydrogen-bond donors (Lipinski definition) is 0. The molecule has 0 aliphatic rings. The Morgan fingerprint density at radius 3 is 1.57 bits per heavy atom. The van der Waals surface area contributed by atoms with E-state index in [2.05, 4.69) is 67.4 Å². The third-order valence-electron chi connectivity index (χ3n) is 6.72. The van der Waals surface area contributed by atoms with Crippen molar-refractivity contribution in [3.8, 4) is 33.9 Å². The summed E-state index contributed by atoms with van der Waals surface area (Å²) in [6, 6.07) is 18.8. The van der Waals surface area contributed by atoms with E-state index < -0.39 is 0 Å². The Balaban J connectivity index is 1.46. The van der Waals surface area contributed by atoms with E-state index in [9.17, 15) is 0 Å². The fourth-order valence-corrected chi connectivity index (χ4v) is 4.63. The van der Waals surface area contributed by atoms with Gasteiger partial charge in [0.05, 0.1) is 13.2 Å². The van der Waals surface area contributed by atoms with Gasteiger partial charge in [0, 0.05) is 11.8 Å². The predicted octanol–water partition coefficient (Wildman–Crippen LogP) is 10.5. The number of pyridine rings is 1. The van der Waals surface area contributed by atoms with Gasteiger partial charge in [0.2, 0.25) is 5.88 Å². The van der Waals surface area contributed by atoms with Crippen LogP contribution < -0.4 is 9.47 Å². The number of benzene rings is 2. The average molecular weight is 522 g/mol. The van der Waals surface area contributed by atoms with E-state index in [1.54, 1.807) is 0 Å². The molecule has 0 spiro atoms. The molecule has 3 nitrogen and oxygen atoms in total. The molecule has 3 rings (SSSR count). The maximum atomic E-state index is 6.48. The third kappa shape index (κ3) is 10.4. The molecule has 0 aliphatic carbocycles. The van der Waals surface area contributed by atoms with E-state index >= 15 is 0 Å². The minimum Gasteiger partial charge on any atom is -0.494 e. The summed E-state index contributed by atoms with van der Waals surface area (Å²) < 4.78 is 11.7. The summed E-state index contributed by atoms with van der Waals surface area (Å²) in [6.45, 7) is 5.94. The smallest absolute Gasteiger partial charge is 0.232 e. The lowest BCUT2D eigenvalue weighted by molar-refractivity contribution is 0.293. The number of aromatic nitrogens is 1. The van der Waals surface area contributed by atoms with Gasteiger partial charge in [0.1, 0.15) is 10.8 Å². The summed E-state index contributed by atoms with van der Waals surface area (Å²) in [5, 5.41) is 0.559. The highest BCUT2D eigenvalue weighted by atomic mass is 35.5. The summed E-state index contributed by atoms with van der Waals surface area (Å²) in [6.07, 6.45) is 16.9. The summed E-state index contributed by atoms with van der Waals surface area (Å²) >= 11 is 6.48. The first kappa shape index (κ1) is 29.0. The number of hydrogen-bond acceptors (Lipinski definition) is 3. The molecule has 0 unspecified atom stereocenters. The molecule has 37 heavy (non-hydrogen) atoms. The van der Waals surface area contributed by atoms with Crippen LogP contribution in [-0.2, 0) is 0 Å². The molecule has 0 N–H and O–H groups in total. The molecule has 0 saturated heterocycles. The number of rotatable bonds is 18. The fourth-order valence-electron chi connectivity index (χ4n) is 4.41. The van der Waals surface area contributed by atoms with Gasteiger partial charge in [-0.15, -0.1) is 0 Å². The zero-order valence-electron chi connectivity index (χ0n) is 22.8. The van der Waals surface area contributed by atoms with Crippen molar-refractivity contribution in [2.24, 2.45) is 0 Å². The van der Waals surface area contributed by atoms with Gasteiger partial charge in [-0.05, 0) is 47.7 Å². The molecular weight excluding hydrogens is 478 g/mol. The summed E-state index contributed by atoms with van der Waals surface area (Å²) in [5.74, 6) is 1.46. The van der Waals surface area contributed by atoms with Gasteiger partial charge in [-0.2, -0.15) is 0 Å². The van der Waals surface area contributed by atoms with E-state index in [0.717, 1.165) is 36.3 Å². The van der Waals surface area contributed by atoms with Crippen LogP contribution in [0.3, 0.4) is 0 Å². The first-order valence-electron chi connectivity index (χ1n) is 14.3. The first-order chi connectivity index (χ1) is 18.2. The number of nitrogens with zero attached hydrogens (tertiary/aromatic N) is 1. The molecule has 0 fully saturated rings. The number of halogens is 1. The van der Waals surface area contributed by atoms with Crippen molar-refractivity contribution in [1.82, 2.24) is 4.98 Å². The standard InChI is InChI=1S/C33H44ClNO2/c1-3-5-7-9-11-13-23-36-31-21-19-28(20-22-31)27-15-17-29(18-16-27)30-25-32(34)33(35-26-30)37-24-14-12-10-8-6-4-2/h15-22,25-26H,3-14,23-24H2,1-2H3. The minimum absolute atomic E-state index is 0.523. The molecule has 0 atom stereocenters. The van der Waals surface area contributed by atoms with Crippen LogP contribution in [0.5, 0.6) is 11.6 Å². The second-order valence-corrected chi connectivity index (χ2v) is 10.3. The lowest BCUT2D eigenvalue weighted by Gasteiger charge is -2.10. The second-order valence-electron chi connectivity index (χ2n) is 9.85. The molecule has 0 bridgehead atoms. The molecule has 3 aromatic rings. The Hall–Kier alpha value is -2.52. The average Bonchev–Trinajstić information content (AvgIpc) is 2.93. The van der Waals surface area contributed by atoms with Crippen molar-refractivity contribution >= 4 is 11.6 Å². The summed E-state index contributed by atoms with van der Waals surface area (Å²) in [7, 11) is 0. The van der Waals surface area contributed by atoms with Crippen molar-refractivity contribution in [1.29, 1.82) is 0 Å². The number of unbranched alkanes of at least 4 members (excludes halogenated alkanes) is 10. The Kier molecular flexibility index (Phi) is 13.4. The Morgan fingerprint density at radius 1 is 0.568 bits per heavy atom. The Labute approximate surface area is 229 Å². The van der Waals surface area contributed by atoms with Gasteiger partial charge < -0.3 is 9.47 Å². The zero-order valence-corrected chi connectivity index (χ0v) is 23.6. The van der Waals surface area contributed by atoms with Crippen LogP contribution in [0, 0.1) is 0 Å². The topological polar surface area (TPSA) is 31.4 Å². The molecule has 1 heterocycles. The van der Waals surface area contributed by atoms with Gasteiger partial charge in [0.15, 0.2) is 0 Å². The van der Waals surface area contributed by atoms with Gasteiger partial charge in [-0.1, -0.05) is 126 Å². The second kappa shape index (κ2) is 17.1. The van der Waals surface area contributed by atoms with E-state index in [1.165, 1.54) is 75.3 Å². The summed E-state index contributed by atoms with van der Waals surface area (Å²) in [4.78, 5) is 4.47. The molecule has 0 aliphatic heterocycles. The molecule has 0 radical (unpaired) electrons. The molecule has 0 saturated carbocycles. The van der Waals surface area contributed by atoms with E-state index in [4.69, 9.17) is 21.1 Å². The largest absolute Gasteiger partial charge is 0.494 e. The molecule has 4 heteroatoms.